The molecule has 0 aliphatic carbocycles. The number of piperidine rings is 1. The van der Waals surface area contributed by atoms with Crippen molar-refractivity contribution in [3.05, 3.63) is 23.3 Å². The van der Waals surface area contributed by atoms with Gasteiger partial charge in [0.1, 0.15) is 5.69 Å². The number of rotatable bonds is 6. The number of carbonyl (C=O) groups excluding carboxylic acids is 1. The summed E-state index contributed by atoms with van der Waals surface area (Å²) in [6.45, 7) is 4.89. The Morgan fingerprint density at radius 2 is 1.86 bits per heavy atom. The molecule has 2 aromatic heterocycles. The van der Waals surface area contributed by atoms with Crippen molar-refractivity contribution in [2.75, 3.05) is 11.4 Å². The van der Waals surface area contributed by atoms with Gasteiger partial charge in [0, 0.05) is 25.7 Å². The van der Waals surface area contributed by atoms with Crippen molar-refractivity contribution in [2.24, 2.45) is 13.0 Å². The zero-order chi connectivity index (χ0) is 19.7. The number of hydrogen-bond acceptors (Lipinski definition) is 7. The fourth-order valence-corrected chi connectivity index (χ4v) is 4.64. The highest BCUT2D eigenvalue weighted by Gasteiger charge is 2.42. The molecule has 0 radical (unpaired) electrons. The monoisotopic (exact) mass is 384 g/mol. The van der Waals surface area contributed by atoms with Crippen LogP contribution < -0.4 is 10.2 Å². The predicted octanol–water partition coefficient (Wildman–Crippen LogP) is 1.30. The first-order valence-corrected chi connectivity index (χ1v) is 10.2. The van der Waals surface area contributed by atoms with E-state index in [1.54, 1.807) is 7.05 Å². The lowest BCUT2D eigenvalue weighted by Gasteiger charge is -2.39. The maximum atomic E-state index is 12.3. The van der Waals surface area contributed by atoms with Crippen LogP contribution in [0.4, 0.5) is 5.95 Å². The molecule has 9 heteroatoms. The number of nitrogens with one attached hydrogen (secondary N) is 1. The Bertz CT molecular complexity index is 836. The van der Waals surface area contributed by atoms with Gasteiger partial charge in [-0.1, -0.05) is 19.1 Å². The number of hydrogen-bond donors (Lipinski definition) is 1. The van der Waals surface area contributed by atoms with Crippen LogP contribution >= 0.6 is 0 Å². The number of nitrogens with zero attached hydrogens (tertiary/aromatic N) is 7. The van der Waals surface area contributed by atoms with Crippen LogP contribution in [-0.2, 0) is 19.9 Å². The molecular formula is C19H28N8O. The van der Waals surface area contributed by atoms with Crippen molar-refractivity contribution >= 4 is 11.9 Å². The molecule has 28 heavy (non-hydrogen) atoms. The molecule has 1 N–H and O–H groups in total. The summed E-state index contributed by atoms with van der Waals surface area (Å²) in [5, 5.41) is 19.5. The topological polar surface area (TPSA) is 102 Å². The Balaban J connectivity index is 1.41. The fraction of sp³-hybridized carbons (Fsp3) is 0.684. The molecule has 3 atom stereocenters. The van der Waals surface area contributed by atoms with Crippen LogP contribution in [0.3, 0.4) is 0 Å². The van der Waals surface area contributed by atoms with E-state index in [2.05, 4.69) is 44.6 Å². The van der Waals surface area contributed by atoms with Gasteiger partial charge in [-0.3, -0.25) is 4.79 Å². The van der Waals surface area contributed by atoms with Crippen LogP contribution in [0.25, 0.3) is 0 Å². The summed E-state index contributed by atoms with van der Waals surface area (Å²) < 4.78 is 1.50. The molecule has 0 aromatic carbocycles. The van der Waals surface area contributed by atoms with Crippen molar-refractivity contribution in [3.63, 3.8) is 0 Å². The molecule has 2 aliphatic rings. The molecule has 9 nitrogen and oxygen atoms in total. The van der Waals surface area contributed by atoms with Gasteiger partial charge in [-0.2, -0.15) is 5.10 Å². The van der Waals surface area contributed by atoms with E-state index in [4.69, 9.17) is 4.98 Å². The van der Waals surface area contributed by atoms with Gasteiger partial charge in [0.05, 0.1) is 17.6 Å². The number of amides is 1. The van der Waals surface area contributed by atoms with Gasteiger partial charge in [0.15, 0.2) is 0 Å². The Morgan fingerprint density at radius 1 is 1.14 bits per heavy atom. The van der Waals surface area contributed by atoms with E-state index in [0.29, 0.717) is 30.2 Å². The minimum atomic E-state index is -0.113. The Labute approximate surface area is 164 Å². The maximum Gasteiger partial charge on any atom is 0.271 e. The molecule has 4 heterocycles. The largest absolute Gasteiger partial charge is 0.350 e. The van der Waals surface area contributed by atoms with Gasteiger partial charge >= 0.3 is 0 Å². The van der Waals surface area contributed by atoms with Crippen LogP contribution in [0.1, 0.15) is 61.4 Å². The summed E-state index contributed by atoms with van der Waals surface area (Å²) in [6.07, 6.45) is 7.64. The molecule has 1 unspecified atom stereocenters. The minimum absolute atomic E-state index is 0.113. The highest BCUT2D eigenvalue weighted by molar-refractivity contribution is 5.92. The lowest BCUT2D eigenvalue weighted by atomic mass is 9.91. The van der Waals surface area contributed by atoms with Crippen LogP contribution in [-0.4, -0.2) is 54.7 Å². The maximum absolute atomic E-state index is 12.3. The van der Waals surface area contributed by atoms with Crippen LogP contribution in [0, 0.1) is 5.92 Å². The van der Waals surface area contributed by atoms with Crippen LogP contribution in [0.15, 0.2) is 6.20 Å². The van der Waals surface area contributed by atoms with E-state index in [0.717, 1.165) is 55.9 Å². The van der Waals surface area contributed by atoms with Crippen LogP contribution in [0.5, 0.6) is 0 Å². The van der Waals surface area contributed by atoms with Crippen molar-refractivity contribution in [1.82, 2.24) is 35.5 Å². The normalized spacial score (nSPS) is 23.8. The van der Waals surface area contributed by atoms with Gasteiger partial charge in [0.25, 0.3) is 5.91 Å². The average molecular weight is 384 g/mol. The molecular weight excluding hydrogens is 356 g/mol. The molecule has 0 spiro atoms. The second-order valence-electron chi connectivity index (χ2n) is 7.79. The van der Waals surface area contributed by atoms with E-state index < -0.39 is 0 Å². The third-order valence-corrected chi connectivity index (χ3v) is 6.06. The lowest BCUT2D eigenvalue weighted by molar-refractivity contribution is 0.0933. The summed E-state index contributed by atoms with van der Waals surface area (Å²) in [6, 6.07) is 0.857. The number of carbonyl (C=O) groups is 1. The van der Waals surface area contributed by atoms with Crippen LogP contribution in [0.2, 0.25) is 0 Å². The first-order chi connectivity index (χ1) is 13.6. The Kier molecular flexibility index (Phi) is 5.23. The van der Waals surface area contributed by atoms with Gasteiger partial charge in [0.2, 0.25) is 5.95 Å². The molecule has 2 bridgehead atoms. The third kappa shape index (κ3) is 3.45. The third-order valence-electron chi connectivity index (χ3n) is 6.06. The molecule has 2 aliphatic heterocycles. The summed E-state index contributed by atoms with van der Waals surface area (Å²) >= 11 is 0. The van der Waals surface area contributed by atoms with Crippen molar-refractivity contribution in [2.45, 2.75) is 64.5 Å². The summed E-state index contributed by atoms with van der Waals surface area (Å²) in [5.41, 5.74) is 2.55. The van der Waals surface area contributed by atoms with Crippen molar-refractivity contribution in [1.29, 1.82) is 0 Å². The van der Waals surface area contributed by atoms with E-state index in [9.17, 15) is 4.79 Å². The van der Waals surface area contributed by atoms with Crippen molar-refractivity contribution in [3.8, 4) is 0 Å². The second-order valence-corrected chi connectivity index (χ2v) is 7.79. The number of aryl methyl sites for hydroxylation is 3. The average Bonchev–Trinajstić information content (AvgIpc) is 3.26. The standard InChI is InChI=1S/C19H28N8O/c1-4-15-16(5-2)23-24-19(22-15)27-13-6-7-14(27)9-12(8-13)10-20-18(28)17-11-21-25-26(17)3/h11-14H,4-10H2,1-3H3,(H,20,28)/t12?,13-,14+. The Morgan fingerprint density at radius 3 is 2.46 bits per heavy atom. The molecule has 0 saturated carbocycles. The number of fused-ring (bicyclic) bond motifs is 2. The van der Waals surface area contributed by atoms with E-state index >= 15 is 0 Å². The first-order valence-electron chi connectivity index (χ1n) is 10.2. The number of aromatic nitrogens is 6. The van der Waals surface area contributed by atoms with E-state index in [1.165, 1.54) is 10.9 Å². The zero-order valence-electron chi connectivity index (χ0n) is 16.8. The van der Waals surface area contributed by atoms with E-state index in [1.807, 2.05) is 0 Å². The molecule has 2 fully saturated rings. The number of anilines is 1. The quantitative estimate of drug-likeness (QED) is 0.801. The van der Waals surface area contributed by atoms with Gasteiger partial charge < -0.3 is 10.2 Å². The molecule has 150 valence electrons. The SMILES string of the molecule is CCc1nnc(N2[C@@H]3CC[C@H]2CC(CNC(=O)c2cnnn2C)C3)nc1CC. The Hall–Kier alpha value is -2.58. The fourth-order valence-electron chi connectivity index (χ4n) is 4.64. The van der Waals surface area contributed by atoms with Gasteiger partial charge in [-0.05, 0) is 44.4 Å². The molecule has 1 amide bonds. The smallest absolute Gasteiger partial charge is 0.271 e. The lowest BCUT2D eigenvalue weighted by Crippen LogP contribution is -2.46. The highest BCUT2D eigenvalue weighted by atomic mass is 16.2. The second kappa shape index (κ2) is 7.81. The molecule has 2 saturated heterocycles. The summed E-state index contributed by atoms with van der Waals surface area (Å²) in [5.74, 6) is 1.13. The molecule has 4 rings (SSSR count). The summed E-state index contributed by atoms with van der Waals surface area (Å²) in [4.78, 5) is 19.5. The summed E-state index contributed by atoms with van der Waals surface area (Å²) in [7, 11) is 1.73. The van der Waals surface area contributed by atoms with E-state index in [-0.39, 0.29) is 5.91 Å². The molecule has 2 aromatic rings. The predicted molar refractivity (Wildman–Crippen MR) is 104 cm³/mol. The zero-order valence-corrected chi connectivity index (χ0v) is 16.8. The first kappa shape index (κ1) is 18.8. The highest BCUT2D eigenvalue weighted by Crippen LogP contribution is 2.40. The minimum Gasteiger partial charge on any atom is -0.350 e. The van der Waals surface area contributed by atoms with Gasteiger partial charge in [-0.15, -0.1) is 10.2 Å². The van der Waals surface area contributed by atoms with Gasteiger partial charge in [-0.25, -0.2) is 9.67 Å². The van der Waals surface area contributed by atoms with Crippen molar-refractivity contribution < 1.29 is 4.79 Å².